The van der Waals surface area contributed by atoms with E-state index in [0.717, 1.165) is 10.4 Å². The molecule has 0 radical (unpaired) electrons. The van der Waals surface area contributed by atoms with Crippen LogP contribution in [0.25, 0.3) is 10.4 Å². The number of aryl methyl sites for hydroxylation is 1. The molecule has 0 atom stereocenters. The third-order valence-electron chi connectivity index (χ3n) is 3.88. The Balaban J connectivity index is 1.87. The molecule has 3 rings (SSSR count). The number of benzene rings is 1. The first-order valence-corrected chi connectivity index (χ1v) is 8.72. The molecule has 0 saturated carbocycles. The molecule has 0 bridgehead atoms. The number of nitrogens with two attached hydrogens (primary N) is 1. The van der Waals surface area contributed by atoms with E-state index in [1.165, 1.54) is 22.0 Å². The SMILES string of the molecule is Cc1cccc(=O)n1CC(=O)Nc1sc(-c2ccccc2)cc1C(N)=O. The van der Waals surface area contributed by atoms with E-state index in [2.05, 4.69) is 5.32 Å². The highest BCUT2D eigenvalue weighted by molar-refractivity contribution is 7.20. The van der Waals surface area contributed by atoms with Crippen molar-refractivity contribution in [2.45, 2.75) is 13.5 Å². The second kappa shape index (κ2) is 7.37. The molecule has 1 aromatic carbocycles. The van der Waals surface area contributed by atoms with Crippen LogP contribution in [0.4, 0.5) is 5.00 Å². The minimum Gasteiger partial charge on any atom is -0.366 e. The first-order chi connectivity index (χ1) is 12.5. The van der Waals surface area contributed by atoms with E-state index >= 15 is 0 Å². The Morgan fingerprint density at radius 3 is 2.50 bits per heavy atom. The lowest BCUT2D eigenvalue weighted by Gasteiger charge is -2.09. The first-order valence-electron chi connectivity index (χ1n) is 7.91. The molecule has 2 aromatic heterocycles. The van der Waals surface area contributed by atoms with Crippen molar-refractivity contribution in [2.75, 3.05) is 5.32 Å². The first kappa shape index (κ1) is 17.6. The molecule has 26 heavy (non-hydrogen) atoms. The van der Waals surface area contributed by atoms with Gasteiger partial charge in [-0.2, -0.15) is 0 Å². The van der Waals surface area contributed by atoms with Gasteiger partial charge >= 0.3 is 0 Å². The number of amides is 2. The molecule has 132 valence electrons. The standard InChI is InChI=1S/C19H17N3O3S/c1-12-6-5-9-17(24)22(12)11-16(23)21-19-14(18(20)25)10-15(26-19)13-7-3-2-4-8-13/h2-10H,11H2,1H3,(H2,20,25)(H,21,23). The van der Waals surface area contributed by atoms with Crippen LogP contribution in [-0.4, -0.2) is 16.4 Å². The van der Waals surface area contributed by atoms with E-state index < -0.39 is 11.8 Å². The van der Waals surface area contributed by atoms with Gasteiger partial charge in [-0.1, -0.05) is 36.4 Å². The summed E-state index contributed by atoms with van der Waals surface area (Å²) in [6.07, 6.45) is 0. The molecule has 3 aromatic rings. The quantitative estimate of drug-likeness (QED) is 0.726. The van der Waals surface area contributed by atoms with Gasteiger partial charge in [-0.3, -0.25) is 14.4 Å². The van der Waals surface area contributed by atoms with Crippen LogP contribution in [0.1, 0.15) is 16.1 Å². The zero-order chi connectivity index (χ0) is 18.7. The molecule has 0 unspecified atom stereocenters. The molecule has 7 heteroatoms. The van der Waals surface area contributed by atoms with Crippen LogP contribution in [0.2, 0.25) is 0 Å². The Morgan fingerprint density at radius 1 is 1.12 bits per heavy atom. The third kappa shape index (κ3) is 3.73. The van der Waals surface area contributed by atoms with Gasteiger partial charge in [0.25, 0.3) is 11.5 Å². The highest BCUT2D eigenvalue weighted by atomic mass is 32.1. The van der Waals surface area contributed by atoms with Crippen molar-refractivity contribution < 1.29 is 9.59 Å². The fourth-order valence-corrected chi connectivity index (χ4v) is 3.63. The topological polar surface area (TPSA) is 94.2 Å². The summed E-state index contributed by atoms with van der Waals surface area (Å²) in [5.74, 6) is -1.02. The highest BCUT2D eigenvalue weighted by Crippen LogP contribution is 2.35. The number of anilines is 1. The van der Waals surface area contributed by atoms with Crippen molar-refractivity contribution in [1.29, 1.82) is 0 Å². The lowest BCUT2D eigenvalue weighted by molar-refractivity contribution is -0.116. The maximum absolute atomic E-state index is 12.4. The number of primary amides is 1. The maximum Gasteiger partial charge on any atom is 0.251 e. The van der Waals surface area contributed by atoms with Gasteiger partial charge in [0.05, 0.1) is 5.56 Å². The van der Waals surface area contributed by atoms with Gasteiger partial charge in [0, 0.05) is 16.6 Å². The van der Waals surface area contributed by atoms with Crippen LogP contribution < -0.4 is 16.6 Å². The molecule has 0 aliphatic heterocycles. The average molecular weight is 367 g/mol. The molecule has 0 spiro atoms. The van der Waals surface area contributed by atoms with E-state index in [1.807, 2.05) is 30.3 Å². The van der Waals surface area contributed by atoms with Crippen LogP contribution in [-0.2, 0) is 11.3 Å². The maximum atomic E-state index is 12.4. The van der Waals surface area contributed by atoms with Crippen molar-refractivity contribution in [1.82, 2.24) is 4.57 Å². The number of rotatable bonds is 5. The molecule has 0 aliphatic carbocycles. The number of carbonyl (C=O) groups excluding carboxylic acids is 2. The zero-order valence-electron chi connectivity index (χ0n) is 14.1. The van der Waals surface area contributed by atoms with Crippen LogP contribution in [0.3, 0.4) is 0 Å². The Kier molecular flexibility index (Phi) is 4.99. The van der Waals surface area contributed by atoms with Crippen molar-refractivity contribution in [2.24, 2.45) is 5.73 Å². The van der Waals surface area contributed by atoms with E-state index in [0.29, 0.717) is 10.7 Å². The Morgan fingerprint density at radius 2 is 1.85 bits per heavy atom. The summed E-state index contributed by atoms with van der Waals surface area (Å²) in [7, 11) is 0. The largest absolute Gasteiger partial charge is 0.366 e. The summed E-state index contributed by atoms with van der Waals surface area (Å²) in [5.41, 5.74) is 7.04. The van der Waals surface area contributed by atoms with Gasteiger partial charge in [-0.05, 0) is 24.6 Å². The molecule has 2 heterocycles. The second-order valence-electron chi connectivity index (χ2n) is 5.72. The predicted molar refractivity (Wildman–Crippen MR) is 102 cm³/mol. The number of thiophene rings is 1. The number of nitrogens with zero attached hydrogens (tertiary/aromatic N) is 1. The van der Waals surface area contributed by atoms with E-state index in [4.69, 9.17) is 5.73 Å². The fraction of sp³-hybridized carbons (Fsp3) is 0.105. The van der Waals surface area contributed by atoms with E-state index in [9.17, 15) is 14.4 Å². The van der Waals surface area contributed by atoms with Gasteiger partial charge in [0.2, 0.25) is 5.91 Å². The Bertz CT molecular complexity index is 1020. The van der Waals surface area contributed by atoms with Gasteiger partial charge in [0.1, 0.15) is 11.5 Å². The van der Waals surface area contributed by atoms with Crippen molar-refractivity contribution in [3.05, 3.63) is 76.2 Å². The number of carbonyl (C=O) groups is 2. The fourth-order valence-electron chi connectivity index (χ4n) is 2.55. The summed E-state index contributed by atoms with van der Waals surface area (Å²) in [5, 5.41) is 3.08. The van der Waals surface area contributed by atoms with Crippen LogP contribution in [0, 0.1) is 6.92 Å². The number of nitrogens with one attached hydrogen (secondary N) is 1. The van der Waals surface area contributed by atoms with E-state index in [1.54, 1.807) is 25.1 Å². The van der Waals surface area contributed by atoms with Crippen molar-refractivity contribution >= 4 is 28.2 Å². The third-order valence-corrected chi connectivity index (χ3v) is 4.98. The number of hydrogen-bond donors (Lipinski definition) is 2. The number of pyridine rings is 1. The Hall–Kier alpha value is -3.19. The monoisotopic (exact) mass is 367 g/mol. The molecule has 0 fully saturated rings. The molecule has 2 amide bonds. The molecular weight excluding hydrogens is 350 g/mol. The van der Waals surface area contributed by atoms with Gasteiger partial charge in [-0.25, -0.2) is 0 Å². The summed E-state index contributed by atoms with van der Waals surface area (Å²) >= 11 is 1.27. The molecule has 6 nitrogen and oxygen atoms in total. The Labute approximate surface area is 153 Å². The van der Waals surface area contributed by atoms with Crippen LogP contribution in [0.15, 0.2) is 59.4 Å². The lowest BCUT2D eigenvalue weighted by atomic mass is 10.1. The molecule has 3 N–H and O–H groups in total. The van der Waals surface area contributed by atoms with E-state index in [-0.39, 0.29) is 17.7 Å². The van der Waals surface area contributed by atoms with Gasteiger partial charge in [0.15, 0.2) is 0 Å². The molecule has 0 saturated heterocycles. The minimum atomic E-state index is -0.619. The lowest BCUT2D eigenvalue weighted by Crippen LogP contribution is -2.28. The molecular formula is C19H17N3O3S. The highest BCUT2D eigenvalue weighted by Gasteiger charge is 2.17. The summed E-state index contributed by atoms with van der Waals surface area (Å²) in [6, 6.07) is 16.0. The zero-order valence-corrected chi connectivity index (χ0v) is 14.9. The van der Waals surface area contributed by atoms with Crippen molar-refractivity contribution in [3.8, 4) is 10.4 Å². The smallest absolute Gasteiger partial charge is 0.251 e. The molecule has 0 aliphatic rings. The van der Waals surface area contributed by atoms with Crippen molar-refractivity contribution in [3.63, 3.8) is 0 Å². The predicted octanol–water partition coefficient (Wildman–Crippen LogP) is 2.62. The summed E-state index contributed by atoms with van der Waals surface area (Å²) < 4.78 is 1.37. The number of aromatic nitrogens is 1. The van der Waals surface area contributed by atoms with Gasteiger partial charge in [-0.15, -0.1) is 11.3 Å². The van der Waals surface area contributed by atoms with Crippen LogP contribution in [0.5, 0.6) is 0 Å². The van der Waals surface area contributed by atoms with Crippen LogP contribution >= 0.6 is 11.3 Å². The average Bonchev–Trinajstić information content (AvgIpc) is 3.03. The summed E-state index contributed by atoms with van der Waals surface area (Å²) in [6.45, 7) is 1.62. The second-order valence-corrected chi connectivity index (χ2v) is 6.78. The normalized spacial score (nSPS) is 10.5. The van der Waals surface area contributed by atoms with Gasteiger partial charge < -0.3 is 15.6 Å². The minimum absolute atomic E-state index is 0.137. The summed E-state index contributed by atoms with van der Waals surface area (Å²) in [4.78, 5) is 36.9. The number of hydrogen-bond acceptors (Lipinski definition) is 4.